The number of sulfonamides is 1. The summed E-state index contributed by atoms with van der Waals surface area (Å²) in [7, 11) is -3.98. The van der Waals surface area contributed by atoms with Crippen molar-refractivity contribution in [2.45, 2.75) is 11.1 Å². The van der Waals surface area contributed by atoms with E-state index >= 15 is 0 Å². The molecule has 0 heterocycles. The molecule has 0 aliphatic heterocycles. The Bertz CT molecular complexity index is 886. The highest BCUT2D eigenvalue weighted by Gasteiger charge is 2.30. The summed E-state index contributed by atoms with van der Waals surface area (Å²) in [6, 6.07) is 8.91. The Morgan fingerprint density at radius 1 is 1.00 bits per heavy atom. The van der Waals surface area contributed by atoms with E-state index in [-0.39, 0.29) is 10.6 Å². The van der Waals surface area contributed by atoms with Crippen LogP contribution in [0.2, 0.25) is 0 Å². The van der Waals surface area contributed by atoms with E-state index in [0.717, 1.165) is 30.3 Å². The summed E-state index contributed by atoms with van der Waals surface area (Å²) in [5.74, 6) is -1.14. The molecule has 0 radical (unpaired) electrons. The van der Waals surface area contributed by atoms with Gasteiger partial charge < -0.3 is 5.11 Å². The van der Waals surface area contributed by atoms with Crippen molar-refractivity contribution >= 4 is 27.8 Å². The minimum Gasteiger partial charge on any atom is -0.478 e. The highest BCUT2D eigenvalue weighted by Crippen LogP contribution is 2.30. The molecule has 2 N–H and O–H groups in total. The molecule has 0 aliphatic rings. The maximum absolute atomic E-state index is 12.5. The molecule has 0 atom stereocenters. The Morgan fingerprint density at radius 3 is 2.04 bits per heavy atom. The molecule has 0 spiro atoms. The van der Waals surface area contributed by atoms with Gasteiger partial charge in [-0.3, -0.25) is 4.72 Å². The molecule has 0 aliphatic carbocycles. The first kappa shape index (κ1) is 18.5. The van der Waals surface area contributed by atoms with Gasteiger partial charge in [0.15, 0.2) is 0 Å². The fourth-order valence-electron chi connectivity index (χ4n) is 1.87. The molecule has 0 saturated heterocycles. The lowest BCUT2D eigenvalue weighted by atomic mass is 10.2. The Labute approximate surface area is 141 Å². The Hall–Kier alpha value is -2.81. The lowest BCUT2D eigenvalue weighted by Gasteiger charge is -2.10. The first-order valence-electron chi connectivity index (χ1n) is 6.79. The predicted molar refractivity (Wildman–Crippen MR) is 85.4 cm³/mol. The number of alkyl halides is 3. The Balaban J connectivity index is 2.17. The minimum atomic E-state index is -4.50. The van der Waals surface area contributed by atoms with Crippen molar-refractivity contribution < 1.29 is 31.5 Å². The van der Waals surface area contributed by atoms with Crippen LogP contribution < -0.4 is 4.72 Å². The van der Waals surface area contributed by atoms with Gasteiger partial charge in [0.25, 0.3) is 10.0 Å². The molecule has 2 rings (SSSR count). The van der Waals surface area contributed by atoms with E-state index in [1.807, 2.05) is 0 Å². The molecule has 9 heteroatoms. The molecule has 2 aromatic carbocycles. The molecule has 5 nitrogen and oxygen atoms in total. The van der Waals surface area contributed by atoms with Crippen molar-refractivity contribution in [1.29, 1.82) is 0 Å². The van der Waals surface area contributed by atoms with Gasteiger partial charge in [-0.2, -0.15) is 13.2 Å². The monoisotopic (exact) mass is 371 g/mol. The number of anilines is 1. The third-order valence-electron chi connectivity index (χ3n) is 3.07. The number of hydrogen-bond donors (Lipinski definition) is 2. The lowest BCUT2D eigenvalue weighted by Crippen LogP contribution is -2.13. The minimum absolute atomic E-state index is 0.0113. The maximum Gasteiger partial charge on any atom is 0.416 e. The van der Waals surface area contributed by atoms with Gasteiger partial charge in [-0.05, 0) is 48.0 Å². The van der Waals surface area contributed by atoms with E-state index in [1.54, 1.807) is 0 Å². The summed E-state index contributed by atoms with van der Waals surface area (Å²) in [6.45, 7) is 0. The van der Waals surface area contributed by atoms with Gasteiger partial charge in [-0.15, -0.1) is 0 Å². The average Bonchev–Trinajstić information content (AvgIpc) is 2.52. The maximum atomic E-state index is 12.5. The number of hydrogen-bond acceptors (Lipinski definition) is 3. The number of carboxylic acids is 1. The second kappa shape index (κ2) is 6.98. The van der Waals surface area contributed by atoms with Crippen LogP contribution in [-0.4, -0.2) is 19.5 Å². The first-order chi connectivity index (χ1) is 11.6. The fourth-order valence-corrected chi connectivity index (χ4v) is 2.93. The second-order valence-corrected chi connectivity index (χ2v) is 6.60. The van der Waals surface area contributed by atoms with Crippen LogP contribution in [0.25, 0.3) is 6.08 Å². The predicted octanol–water partition coefficient (Wildman–Crippen LogP) is 3.60. The zero-order valence-electron chi connectivity index (χ0n) is 12.5. The van der Waals surface area contributed by atoms with Gasteiger partial charge in [-0.1, -0.05) is 12.1 Å². The lowest BCUT2D eigenvalue weighted by molar-refractivity contribution is -0.137. The summed E-state index contributed by atoms with van der Waals surface area (Å²) < 4.78 is 64.1. The van der Waals surface area contributed by atoms with Crippen LogP contribution in [-0.2, 0) is 21.0 Å². The van der Waals surface area contributed by atoms with Gasteiger partial charge in [0, 0.05) is 11.8 Å². The molecule has 0 aromatic heterocycles. The fraction of sp³-hybridized carbons (Fsp3) is 0.0625. The van der Waals surface area contributed by atoms with Crippen LogP contribution in [0.4, 0.5) is 18.9 Å². The molecule has 25 heavy (non-hydrogen) atoms. The van der Waals surface area contributed by atoms with Crippen molar-refractivity contribution in [3.8, 4) is 0 Å². The number of carboxylic acid groups (broad SMARTS) is 1. The molecular formula is C16H12F3NO4S. The summed E-state index contributed by atoms with van der Waals surface area (Å²) in [4.78, 5) is 10.3. The normalized spacial score (nSPS) is 12.3. The average molecular weight is 371 g/mol. The summed E-state index contributed by atoms with van der Waals surface area (Å²) >= 11 is 0. The molecule has 0 fully saturated rings. The van der Waals surface area contributed by atoms with E-state index in [2.05, 4.69) is 4.72 Å². The summed E-state index contributed by atoms with van der Waals surface area (Å²) in [5, 5.41) is 8.53. The zero-order chi connectivity index (χ0) is 18.7. The highest BCUT2D eigenvalue weighted by atomic mass is 32.2. The molecule has 0 saturated carbocycles. The summed E-state index contributed by atoms with van der Waals surface area (Å²) in [6.07, 6.45) is -2.30. The highest BCUT2D eigenvalue weighted by molar-refractivity contribution is 7.92. The van der Waals surface area contributed by atoms with Crippen molar-refractivity contribution in [2.24, 2.45) is 0 Å². The van der Waals surface area contributed by atoms with Crippen LogP contribution in [0.15, 0.2) is 59.5 Å². The molecule has 0 unspecified atom stereocenters. The van der Waals surface area contributed by atoms with Crippen molar-refractivity contribution in [3.63, 3.8) is 0 Å². The van der Waals surface area contributed by atoms with Gasteiger partial charge in [0.2, 0.25) is 0 Å². The van der Waals surface area contributed by atoms with E-state index < -0.39 is 27.7 Å². The zero-order valence-corrected chi connectivity index (χ0v) is 13.3. The van der Waals surface area contributed by atoms with Gasteiger partial charge >= 0.3 is 12.1 Å². The van der Waals surface area contributed by atoms with Crippen LogP contribution in [0.5, 0.6) is 0 Å². The SMILES string of the molecule is O=C(O)/C=C/c1ccc(S(=O)(=O)Nc2ccc(C(F)(F)F)cc2)cc1. The van der Waals surface area contributed by atoms with Gasteiger partial charge in [0.05, 0.1) is 10.5 Å². The molecule has 0 bridgehead atoms. The standard InChI is InChI=1S/C16H12F3NO4S/c17-16(18,19)12-4-6-13(7-5-12)20-25(23,24)14-8-1-11(2-9-14)3-10-15(21)22/h1-10,20H,(H,21,22)/b10-3+. The van der Waals surface area contributed by atoms with E-state index in [9.17, 15) is 26.4 Å². The van der Waals surface area contributed by atoms with Crippen LogP contribution in [0.3, 0.4) is 0 Å². The third-order valence-corrected chi connectivity index (χ3v) is 4.47. The third kappa shape index (κ3) is 5.08. The number of nitrogens with one attached hydrogen (secondary N) is 1. The number of aliphatic carboxylic acids is 1. The Kier molecular flexibility index (Phi) is 5.17. The van der Waals surface area contributed by atoms with Gasteiger partial charge in [0.1, 0.15) is 0 Å². The molecular weight excluding hydrogens is 359 g/mol. The van der Waals surface area contributed by atoms with E-state index in [0.29, 0.717) is 5.56 Å². The topological polar surface area (TPSA) is 83.5 Å². The summed E-state index contributed by atoms with van der Waals surface area (Å²) in [5.41, 5.74) is -0.413. The number of halogens is 3. The molecule has 2 aromatic rings. The van der Waals surface area contributed by atoms with E-state index in [4.69, 9.17) is 5.11 Å². The largest absolute Gasteiger partial charge is 0.478 e. The quantitative estimate of drug-likeness (QED) is 0.787. The molecule has 132 valence electrons. The van der Waals surface area contributed by atoms with Crippen molar-refractivity contribution in [3.05, 3.63) is 65.7 Å². The van der Waals surface area contributed by atoms with Crippen LogP contribution in [0.1, 0.15) is 11.1 Å². The number of benzene rings is 2. The smallest absolute Gasteiger partial charge is 0.416 e. The van der Waals surface area contributed by atoms with Crippen LogP contribution >= 0.6 is 0 Å². The van der Waals surface area contributed by atoms with Crippen molar-refractivity contribution in [1.82, 2.24) is 0 Å². The number of rotatable bonds is 5. The first-order valence-corrected chi connectivity index (χ1v) is 8.27. The second-order valence-electron chi connectivity index (χ2n) is 4.92. The van der Waals surface area contributed by atoms with Crippen LogP contribution in [0, 0.1) is 0 Å². The van der Waals surface area contributed by atoms with E-state index in [1.165, 1.54) is 30.3 Å². The van der Waals surface area contributed by atoms with Crippen molar-refractivity contribution in [2.75, 3.05) is 4.72 Å². The Morgan fingerprint density at radius 2 is 1.56 bits per heavy atom. The molecule has 0 amide bonds. The number of carbonyl (C=O) groups is 1. The van der Waals surface area contributed by atoms with Gasteiger partial charge in [-0.25, -0.2) is 13.2 Å².